The zero-order valence-corrected chi connectivity index (χ0v) is 16.1. The molecule has 0 bridgehead atoms. The molecule has 1 amide bonds. The molecule has 2 aliphatic rings. The Hall–Kier alpha value is -2.20. The van der Waals surface area contributed by atoms with Crippen LogP contribution in [-0.2, 0) is 11.2 Å². The Kier molecular flexibility index (Phi) is 5.26. The SMILES string of the molecule is Cc1ccc(CC2CCOC3(CCN(C(=O)c4ccccn4)CC3)C2)cc1. The van der Waals surface area contributed by atoms with Gasteiger partial charge in [-0.3, -0.25) is 9.78 Å². The van der Waals surface area contributed by atoms with E-state index in [-0.39, 0.29) is 11.5 Å². The van der Waals surface area contributed by atoms with Gasteiger partial charge in [-0.25, -0.2) is 0 Å². The van der Waals surface area contributed by atoms with E-state index in [9.17, 15) is 4.79 Å². The van der Waals surface area contributed by atoms with Crippen LogP contribution in [0.1, 0.15) is 47.3 Å². The number of hydrogen-bond acceptors (Lipinski definition) is 3. The van der Waals surface area contributed by atoms with Gasteiger partial charge in [0.05, 0.1) is 5.60 Å². The van der Waals surface area contributed by atoms with Crippen LogP contribution in [0.2, 0.25) is 0 Å². The summed E-state index contributed by atoms with van der Waals surface area (Å²) in [6.07, 6.45) is 6.89. The lowest BCUT2D eigenvalue weighted by Gasteiger charge is -2.46. The Morgan fingerprint density at radius 1 is 1.19 bits per heavy atom. The van der Waals surface area contributed by atoms with Gasteiger partial charge < -0.3 is 9.64 Å². The summed E-state index contributed by atoms with van der Waals surface area (Å²) >= 11 is 0. The maximum Gasteiger partial charge on any atom is 0.272 e. The van der Waals surface area contributed by atoms with Crippen molar-refractivity contribution >= 4 is 5.91 Å². The van der Waals surface area contributed by atoms with E-state index in [2.05, 4.69) is 36.2 Å². The first-order chi connectivity index (χ1) is 13.1. The first kappa shape index (κ1) is 18.2. The van der Waals surface area contributed by atoms with Crippen molar-refractivity contribution in [1.82, 2.24) is 9.88 Å². The Morgan fingerprint density at radius 3 is 2.67 bits per heavy atom. The highest BCUT2D eigenvalue weighted by atomic mass is 16.5. The number of nitrogens with zero attached hydrogens (tertiary/aromatic N) is 2. The van der Waals surface area contributed by atoms with Crippen LogP contribution in [0, 0.1) is 12.8 Å². The highest BCUT2D eigenvalue weighted by molar-refractivity contribution is 5.92. The topological polar surface area (TPSA) is 42.4 Å². The van der Waals surface area contributed by atoms with Crippen LogP contribution in [-0.4, -0.2) is 41.1 Å². The number of ether oxygens (including phenoxy) is 1. The Morgan fingerprint density at radius 2 is 1.96 bits per heavy atom. The summed E-state index contributed by atoms with van der Waals surface area (Å²) in [5.41, 5.74) is 3.22. The predicted octanol–water partition coefficient (Wildman–Crippen LogP) is 4.03. The molecular formula is C23H28N2O2. The van der Waals surface area contributed by atoms with Crippen LogP contribution in [0.4, 0.5) is 0 Å². The third kappa shape index (κ3) is 4.22. The molecule has 1 spiro atoms. The van der Waals surface area contributed by atoms with E-state index < -0.39 is 0 Å². The molecule has 1 aromatic carbocycles. The standard InChI is InChI=1S/C23H28N2O2/c1-18-5-7-19(8-6-18)16-20-9-15-27-23(17-20)10-13-25(14-11-23)22(26)21-4-2-3-12-24-21/h2-8,12,20H,9-11,13-17H2,1H3. The molecule has 0 N–H and O–H groups in total. The lowest BCUT2D eigenvalue weighted by atomic mass is 9.77. The molecule has 1 unspecified atom stereocenters. The Labute approximate surface area is 161 Å². The highest BCUT2D eigenvalue weighted by Crippen LogP contribution is 2.39. The second kappa shape index (κ2) is 7.81. The predicted molar refractivity (Wildman–Crippen MR) is 106 cm³/mol. The summed E-state index contributed by atoms with van der Waals surface area (Å²) in [6.45, 7) is 4.48. The minimum Gasteiger partial charge on any atom is -0.375 e. The number of hydrogen-bond donors (Lipinski definition) is 0. The van der Waals surface area contributed by atoms with Crippen LogP contribution >= 0.6 is 0 Å². The van der Waals surface area contributed by atoms with E-state index in [0.717, 1.165) is 51.8 Å². The molecule has 0 saturated carbocycles. The van der Waals surface area contributed by atoms with E-state index >= 15 is 0 Å². The first-order valence-corrected chi connectivity index (χ1v) is 10.0. The number of benzene rings is 1. The van der Waals surface area contributed by atoms with Gasteiger partial charge in [0, 0.05) is 25.9 Å². The molecular weight excluding hydrogens is 336 g/mol. The molecule has 4 rings (SSSR count). The number of likely N-dealkylation sites (tertiary alicyclic amines) is 1. The fraction of sp³-hybridized carbons (Fsp3) is 0.478. The van der Waals surface area contributed by atoms with Crippen molar-refractivity contribution in [1.29, 1.82) is 0 Å². The molecule has 1 atom stereocenters. The summed E-state index contributed by atoms with van der Waals surface area (Å²) in [5.74, 6) is 0.706. The molecule has 4 nitrogen and oxygen atoms in total. The van der Waals surface area contributed by atoms with Gasteiger partial charge in [0.1, 0.15) is 5.69 Å². The molecule has 142 valence electrons. The average Bonchev–Trinajstić information content (AvgIpc) is 2.71. The van der Waals surface area contributed by atoms with E-state index in [1.807, 2.05) is 17.0 Å². The number of aromatic nitrogens is 1. The summed E-state index contributed by atoms with van der Waals surface area (Å²) in [4.78, 5) is 18.8. The van der Waals surface area contributed by atoms with Gasteiger partial charge in [-0.2, -0.15) is 0 Å². The lowest BCUT2D eigenvalue weighted by molar-refractivity contribution is -0.123. The van der Waals surface area contributed by atoms with E-state index in [1.54, 1.807) is 12.3 Å². The number of rotatable bonds is 3. The number of pyridine rings is 1. The molecule has 2 fully saturated rings. The third-order valence-corrected chi connectivity index (χ3v) is 6.09. The van der Waals surface area contributed by atoms with Gasteiger partial charge in [0.2, 0.25) is 0 Å². The van der Waals surface area contributed by atoms with Crippen molar-refractivity contribution in [2.45, 2.75) is 44.6 Å². The van der Waals surface area contributed by atoms with Crippen molar-refractivity contribution in [2.24, 2.45) is 5.92 Å². The highest BCUT2D eigenvalue weighted by Gasteiger charge is 2.41. The first-order valence-electron chi connectivity index (χ1n) is 10.0. The van der Waals surface area contributed by atoms with Gasteiger partial charge >= 0.3 is 0 Å². The molecule has 3 heterocycles. The van der Waals surface area contributed by atoms with Gasteiger partial charge in [-0.15, -0.1) is 0 Å². The number of piperidine rings is 1. The molecule has 0 radical (unpaired) electrons. The zero-order chi connectivity index (χ0) is 18.7. The smallest absolute Gasteiger partial charge is 0.272 e. The second-order valence-electron chi connectivity index (χ2n) is 8.09. The Balaban J connectivity index is 1.35. The monoisotopic (exact) mass is 364 g/mol. The van der Waals surface area contributed by atoms with Crippen LogP contribution in [0.5, 0.6) is 0 Å². The number of carbonyl (C=O) groups excluding carboxylic acids is 1. The summed E-state index contributed by atoms with van der Waals surface area (Å²) in [6, 6.07) is 14.4. The second-order valence-corrected chi connectivity index (χ2v) is 8.09. The van der Waals surface area contributed by atoms with Crippen LogP contribution < -0.4 is 0 Å². The molecule has 2 aliphatic heterocycles. The Bertz CT molecular complexity index is 765. The van der Waals surface area contributed by atoms with E-state index in [0.29, 0.717) is 11.6 Å². The summed E-state index contributed by atoms with van der Waals surface area (Å²) in [5, 5.41) is 0. The minimum absolute atomic E-state index is 0.0393. The molecule has 2 aromatic rings. The van der Waals surface area contributed by atoms with Gasteiger partial charge in [0.25, 0.3) is 5.91 Å². The fourth-order valence-corrected chi connectivity index (χ4v) is 4.48. The van der Waals surface area contributed by atoms with E-state index in [4.69, 9.17) is 4.74 Å². The normalized spacial score (nSPS) is 22.0. The fourth-order valence-electron chi connectivity index (χ4n) is 4.48. The zero-order valence-electron chi connectivity index (χ0n) is 16.1. The maximum absolute atomic E-state index is 12.6. The largest absolute Gasteiger partial charge is 0.375 e. The van der Waals surface area contributed by atoms with Crippen molar-refractivity contribution in [2.75, 3.05) is 19.7 Å². The molecule has 27 heavy (non-hydrogen) atoms. The molecule has 4 heteroatoms. The van der Waals surface area contributed by atoms with Crippen molar-refractivity contribution in [3.63, 3.8) is 0 Å². The number of aryl methyl sites for hydroxylation is 1. The average molecular weight is 364 g/mol. The van der Waals surface area contributed by atoms with E-state index in [1.165, 1.54) is 11.1 Å². The van der Waals surface area contributed by atoms with Crippen LogP contribution in [0.3, 0.4) is 0 Å². The number of carbonyl (C=O) groups is 1. The number of amides is 1. The lowest BCUT2D eigenvalue weighted by Crippen LogP contribution is -2.51. The van der Waals surface area contributed by atoms with Gasteiger partial charge in [0.15, 0.2) is 0 Å². The molecule has 2 saturated heterocycles. The van der Waals surface area contributed by atoms with Crippen molar-refractivity contribution in [3.05, 3.63) is 65.5 Å². The van der Waals surface area contributed by atoms with Crippen molar-refractivity contribution in [3.8, 4) is 0 Å². The summed E-state index contributed by atoms with van der Waals surface area (Å²) < 4.78 is 6.27. The quantitative estimate of drug-likeness (QED) is 0.826. The molecule has 0 aliphatic carbocycles. The van der Waals surface area contributed by atoms with Gasteiger partial charge in [-0.05, 0) is 62.6 Å². The summed E-state index contributed by atoms with van der Waals surface area (Å²) in [7, 11) is 0. The molecule has 1 aromatic heterocycles. The third-order valence-electron chi connectivity index (χ3n) is 6.09. The maximum atomic E-state index is 12.6. The van der Waals surface area contributed by atoms with Crippen LogP contribution in [0.15, 0.2) is 48.7 Å². The van der Waals surface area contributed by atoms with Gasteiger partial charge in [-0.1, -0.05) is 35.9 Å². The van der Waals surface area contributed by atoms with Crippen LogP contribution in [0.25, 0.3) is 0 Å². The minimum atomic E-state index is -0.0471. The van der Waals surface area contributed by atoms with Crippen molar-refractivity contribution < 1.29 is 9.53 Å².